The zero-order chi connectivity index (χ0) is 14.7. The van der Waals surface area contributed by atoms with E-state index in [2.05, 4.69) is 5.32 Å². The first-order valence-corrected chi connectivity index (χ1v) is 8.01. The highest BCUT2D eigenvalue weighted by Crippen LogP contribution is 2.35. The van der Waals surface area contributed by atoms with Crippen LogP contribution in [0.2, 0.25) is 0 Å². The molecule has 2 fully saturated rings. The third-order valence-electron chi connectivity index (χ3n) is 4.98. The van der Waals surface area contributed by atoms with Crippen LogP contribution in [0.5, 0.6) is 0 Å². The minimum absolute atomic E-state index is 0.0627. The van der Waals surface area contributed by atoms with Gasteiger partial charge >= 0.3 is 0 Å². The summed E-state index contributed by atoms with van der Waals surface area (Å²) in [7, 11) is 0. The molecule has 3 rings (SSSR count). The Morgan fingerprint density at radius 1 is 1.14 bits per heavy atom. The second kappa shape index (κ2) is 6.41. The molecule has 1 spiro atoms. The van der Waals surface area contributed by atoms with E-state index in [1.807, 2.05) is 35.2 Å². The Balaban J connectivity index is 1.78. The van der Waals surface area contributed by atoms with Gasteiger partial charge in [-0.15, -0.1) is 0 Å². The Bertz CT molecular complexity index is 443. The molecule has 116 valence electrons. The van der Waals surface area contributed by atoms with Gasteiger partial charge in [-0.05, 0) is 18.4 Å². The first-order chi connectivity index (χ1) is 10.2. The maximum absolute atomic E-state index is 13.0. The lowest BCUT2D eigenvalue weighted by molar-refractivity contribution is 0.00826. The summed E-state index contributed by atoms with van der Waals surface area (Å²) < 4.78 is 26.0. The first-order valence-electron chi connectivity index (χ1n) is 8.01. The van der Waals surface area contributed by atoms with Crippen molar-refractivity contribution in [3.8, 4) is 0 Å². The fourth-order valence-electron chi connectivity index (χ4n) is 3.93. The van der Waals surface area contributed by atoms with E-state index in [4.69, 9.17) is 0 Å². The number of alkyl halides is 2. The van der Waals surface area contributed by atoms with Gasteiger partial charge in [0.05, 0.1) is 6.54 Å². The molecule has 0 aromatic heterocycles. The van der Waals surface area contributed by atoms with Crippen molar-refractivity contribution >= 4 is 0 Å². The maximum atomic E-state index is 13.0. The lowest BCUT2D eigenvalue weighted by Gasteiger charge is -2.49. The molecule has 1 aliphatic carbocycles. The summed E-state index contributed by atoms with van der Waals surface area (Å²) >= 11 is 0. The number of halogens is 2. The molecule has 21 heavy (non-hydrogen) atoms. The summed E-state index contributed by atoms with van der Waals surface area (Å²) in [6, 6.07) is 10.1. The molecule has 1 aromatic carbocycles. The van der Waals surface area contributed by atoms with Gasteiger partial charge in [-0.2, -0.15) is 0 Å². The normalized spacial score (nSPS) is 26.3. The van der Waals surface area contributed by atoms with E-state index < -0.39 is 6.43 Å². The van der Waals surface area contributed by atoms with Crippen molar-refractivity contribution in [1.82, 2.24) is 10.2 Å². The van der Waals surface area contributed by atoms with E-state index in [-0.39, 0.29) is 18.1 Å². The molecule has 0 radical (unpaired) electrons. The molecule has 1 aliphatic heterocycles. The summed E-state index contributed by atoms with van der Waals surface area (Å²) in [6.07, 6.45) is 3.68. The standard InChI is InChI=1S/C17H24F2N2/c18-16(19)12-21-13-17(9-5-2-6-10-17)20-11-15(21)14-7-3-1-4-8-14/h1,3-4,7-8,15-16,20H,2,5-6,9-13H2. The van der Waals surface area contributed by atoms with Gasteiger partial charge in [0.2, 0.25) is 0 Å². The van der Waals surface area contributed by atoms with E-state index in [9.17, 15) is 8.78 Å². The minimum atomic E-state index is -2.27. The smallest absolute Gasteiger partial charge is 0.251 e. The maximum Gasteiger partial charge on any atom is 0.251 e. The highest BCUT2D eigenvalue weighted by Gasteiger charge is 2.40. The lowest BCUT2D eigenvalue weighted by atomic mass is 9.79. The van der Waals surface area contributed by atoms with Crippen molar-refractivity contribution in [2.75, 3.05) is 19.6 Å². The largest absolute Gasteiger partial charge is 0.308 e. The lowest BCUT2D eigenvalue weighted by Crippen LogP contribution is -2.62. The molecule has 1 atom stereocenters. The molecule has 1 saturated heterocycles. The van der Waals surface area contributed by atoms with Gasteiger partial charge in [-0.1, -0.05) is 49.6 Å². The van der Waals surface area contributed by atoms with Crippen LogP contribution in [-0.2, 0) is 0 Å². The van der Waals surface area contributed by atoms with Crippen LogP contribution in [0.15, 0.2) is 30.3 Å². The summed E-state index contributed by atoms with van der Waals surface area (Å²) in [5, 5.41) is 3.70. The van der Waals surface area contributed by atoms with Gasteiger partial charge < -0.3 is 5.32 Å². The fraction of sp³-hybridized carbons (Fsp3) is 0.647. The van der Waals surface area contributed by atoms with Crippen molar-refractivity contribution in [3.63, 3.8) is 0 Å². The Hall–Kier alpha value is -1.00. The van der Waals surface area contributed by atoms with Crippen molar-refractivity contribution in [3.05, 3.63) is 35.9 Å². The van der Waals surface area contributed by atoms with Crippen LogP contribution in [0.1, 0.15) is 43.7 Å². The van der Waals surface area contributed by atoms with Gasteiger partial charge in [0, 0.05) is 24.7 Å². The fourth-order valence-corrected chi connectivity index (χ4v) is 3.93. The SMILES string of the molecule is FC(F)CN1CC2(CCCCC2)NCC1c1ccccc1. The number of nitrogens with one attached hydrogen (secondary N) is 1. The molecule has 1 aromatic rings. The predicted octanol–water partition coefficient (Wildman–Crippen LogP) is 3.60. The quantitative estimate of drug-likeness (QED) is 0.916. The van der Waals surface area contributed by atoms with E-state index in [0.717, 1.165) is 31.5 Å². The van der Waals surface area contributed by atoms with Crippen LogP contribution in [0.25, 0.3) is 0 Å². The van der Waals surface area contributed by atoms with E-state index in [0.29, 0.717) is 0 Å². The monoisotopic (exact) mass is 294 g/mol. The number of rotatable bonds is 3. The number of nitrogens with zero attached hydrogens (tertiary/aromatic N) is 1. The second-order valence-corrected chi connectivity index (χ2v) is 6.47. The molecule has 0 bridgehead atoms. The summed E-state index contributed by atoms with van der Waals surface area (Å²) in [5.41, 5.74) is 1.20. The minimum Gasteiger partial charge on any atom is -0.308 e. The van der Waals surface area contributed by atoms with Crippen molar-refractivity contribution in [1.29, 1.82) is 0 Å². The van der Waals surface area contributed by atoms with Crippen molar-refractivity contribution in [2.24, 2.45) is 0 Å². The second-order valence-electron chi connectivity index (χ2n) is 6.47. The molecular weight excluding hydrogens is 270 g/mol. The Morgan fingerprint density at radius 2 is 1.86 bits per heavy atom. The molecule has 1 saturated carbocycles. The molecule has 1 N–H and O–H groups in total. The third-order valence-corrected chi connectivity index (χ3v) is 4.98. The molecule has 0 amide bonds. The zero-order valence-corrected chi connectivity index (χ0v) is 12.4. The Kier molecular flexibility index (Phi) is 4.55. The summed E-state index contributed by atoms with van der Waals surface area (Å²) in [5.74, 6) is 0. The summed E-state index contributed by atoms with van der Waals surface area (Å²) in [4.78, 5) is 2.00. The van der Waals surface area contributed by atoms with Crippen LogP contribution in [0.3, 0.4) is 0 Å². The highest BCUT2D eigenvalue weighted by molar-refractivity contribution is 5.21. The van der Waals surface area contributed by atoms with Gasteiger partial charge in [-0.3, -0.25) is 4.90 Å². The van der Waals surface area contributed by atoms with Crippen molar-refractivity contribution < 1.29 is 8.78 Å². The Labute approximate surface area is 125 Å². The number of hydrogen-bond donors (Lipinski definition) is 1. The highest BCUT2D eigenvalue weighted by atomic mass is 19.3. The topological polar surface area (TPSA) is 15.3 Å². The van der Waals surface area contributed by atoms with Crippen LogP contribution in [-0.4, -0.2) is 36.5 Å². The summed E-state index contributed by atoms with van der Waals surface area (Å²) in [6.45, 7) is 1.40. The zero-order valence-electron chi connectivity index (χ0n) is 12.4. The van der Waals surface area contributed by atoms with Gasteiger partial charge in [0.1, 0.15) is 0 Å². The number of piperazine rings is 1. The van der Waals surface area contributed by atoms with E-state index in [1.54, 1.807) is 0 Å². The molecule has 1 unspecified atom stereocenters. The molecule has 2 nitrogen and oxygen atoms in total. The van der Waals surface area contributed by atoms with Crippen molar-refractivity contribution in [2.45, 2.75) is 50.1 Å². The van der Waals surface area contributed by atoms with E-state index >= 15 is 0 Å². The average Bonchev–Trinajstić information content (AvgIpc) is 2.48. The van der Waals surface area contributed by atoms with E-state index in [1.165, 1.54) is 19.3 Å². The molecule has 2 aliphatic rings. The first kappa shape index (κ1) is 14.9. The van der Waals surface area contributed by atoms with Crippen LogP contribution in [0.4, 0.5) is 8.78 Å². The number of benzene rings is 1. The number of hydrogen-bond acceptors (Lipinski definition) is 2. The predicted molar refractivity (Wildman–Crippen MR) is 80.6 cm³/mol. The van der Waals surface area contributed by atoms with Crippen LogP contribution in [0, 0.1) is 0 Å². The third kappa shape index (κ3) is 3.43. The Morgan fingerprint density at radius 3 is 2.52 bits per heavy atom. The van der Waals surface area contributed by atoms with Gasteiger partial charge in [0.25, 0.3) is 6.43 Å². The van der Waals surface area contributed by atoms with Gasteiger partial charge in [-0.25, -0.2) is 8.78 Å². The average molecular weight is 294 g/mol. The molecule has 4 heteroatoms. The van der Waals surface area contributed by atoms with Crippen LogP contribution < -0.4 is 5.32 Å². The van der Waals surface area contributed by atoms with Crippen LogP contribution >= 0.6 is 0 Å². The molecular formula is C17H24F2N2. The van der Waals surface area contributed by atoms with Gasteiger partial charge in [0.15, 0.2) is 0 Å². The molecule has 1 heterocycles.